The molecule has 3 rings (SSSR count). The lowest BCUT2D eigenvalue weighted by Crippen LogP contribution is -2.17. The van der Waals surface area contributed by atoms with Gasteiger partial charge < -0.3 is 10.5 Å². The van der Waals surface area contributed by atoms with Gasteiger partial charge in [0.15, 0.2) is 0 Å². The van der Waals surface area contributed by atoms with Gasteiger partial charge in [-0.05, 0) is 37.8 Å². The highest BCUT2D eigenvalue weighted by Gasteiger charge is 2.17. The van der Waals surface area contributed by atoms with Crippen molar-refractivity contribution in [2.45, 2.75) is 51.2 Å². The number of aromatic nitrogens is 1. The average molecular weight is 270 g/mol. The van der Waals surface area contributed by atoms with Crippen LogP contribution < -0.4 is 10.5 Å². The molecule has 0 bridgehead atoms. The van der Waals surface area contributed by atoms with E-state index in [1.807, 2.05) is 24.4 Å². The van der Waals surface area contributed by atoms with Gasteiger partial charge in [-0.2, -0.15) is 0 Å². The molecule has 106 valence electrons. The Morgan fingerprint density at radius 2 is 1.85 bits per heavy atom. The second kappa shape index (κ2) is 6.23. The lowest BCUT2D eigenvalue weighted by molar-refractivity contribution is 0.184. The van der Waals surface area contributed by atoms with E-state index in [0.717, 1.165) is 35.1 Å². The molecule has 1 fully saturated rings. The molecule has 0 unspecified atom stereocenters. The van der Waals surface area contributed by atoms with E-state index < -0.39 is 0 Å². The highest BCUT2D eigenvalue weighted by atomic mass is 16.5. The SMILES string of the molecule is NCc1cnc2ccccc2c1OC1CCCCCC1. The number of para-hydroxylation sites is 1. The molecule has 0 aliphatic heterocycles. The minimum atomic E-state index is 0.327. The van der Waals surface area contributed by atoms with Crippen LogP contribution in [0.3, 0.4) is 0 Å². The first-order valence-electron chi connectivity index (χ1n) is 7.62. The van der Waals surface area contributed by atoms with Gasteiger partial charge in [-0.15, -0.1) is 0 Å². The largest absolute Gasteiger partial charge is 0.489 e. The molecule has 3 heteroatoms. The van der Waals surface area contributed by atoms with Gasteiger partial charge in [-0.1, -0.05) is 25.0 Å². The second-order valence-electron chi connectivity index (χ2n) is 5.57. The summed E-state index contributed by atoms with van der Waals surface area (Å²) in [6, 6.07) is 8.14. The highest BCUT2D eigenvalue weighted by Crippen LogP contribution is 2.31. The molecule has 1 heterocycles. The fourth-order valence-corrected chi connectivity index (χ4v) is 2.97. The van der Waals surface area contributed by atoms with Crippen LogP contribution in [0.25, 0.3) is 10.9 Å². The number of hydrogen-bond acceptors (Lipinski definition) is 3. The monoisotopic (exact) mass is 270 g/mol. The Hall–Kier alpha value is -1.61. The Bertz CT molecular complexity index is 574. The molecule has 20 heavy (non-hydrogen) atoms. The van der Waals surface area contributed by atoms with Gasteiger partial charge in [-0.25, -0.2) is 0 Å². The summed E-state index contributed by atoms with van der Waals surface area (Å²) in [5.74, 6) is 0.949. The number of rotatable bonds is 3. The van der Waals surface area contributed by atoms with Crippen LogP contribution in [0, 0.1) is 0 Å². The van der Waals surface area contributed by atoms with Crippen molar-refractivity contribution in [1.29, 1.82) is 0 Å². The fraction of sp³-hybridized carbons (Fsp3) is 0.471. The summed E-state index contributed by atoms with van der Waals surface area (Å²) in [7, 11) is 0. The highest BCUT2D eigenvalue weighted by molar-refractivity contribution is 5.86. The lowest BCUT2D eigenvalue weighted by atomic mass is 10.1. The van der Waals surface area contributed by atoms with Gasteiger partial charge in [0.2, 0.25) is 0 Å². The van der Waals surface area contributed by atoms with Gasteiger partial charge >= 0.3 is 0 Å². The van der Waals surface area contributed by atoms with Gasteiger partial charge in [0.25, 0.3) is 0 Å². The van der Waals surface area contributed by atoms with E-state index in [-0.39, 0.29) is 0 Å². The van der Waals surface area contributed by atoms with Crippen LogP contribution in [0.1, 0.15) is 44.1 Å². The number of nitrogens with zero attached hydrogens (tertiary/aromatic N) is 1. The van der Waals surface area contributed by atoms with E-state index in [1.54, 1.807) is 0 Å². The van der Waals surface area contributed by atoms with Crippen LogP contribution in [-0.2, 0) is 6.54 Å². The zero-order valence-electron chi connectivity index (χ0n) is 11.8. The summed E-state index contributed by atoms with van der Waals surface area (Å²) in [6.07, 6.45) is 9.70. The van der Waals surface area contributed by atoms with Crippen molar-refractivity contribution in [2.75, 3.05) is 0 Å². The third kappa shape index (κ3) is 2.78. The zero-order valence-corrected chi connectivity index (χ0v) is 11.8. The van der Waals surface area contributed by atoms with Crippen molar-refractivity contribution in [2.24, 2.45) is 5.73 Å². The molecule has 2 N–H and O–H groups in total. The van der Waals surface area contributed by atoms with Crippen molar-refractivity contribution < 1.29 is 4.74 Å². The summed E-state index contributed by atoms with van der Waals surface area (Å²) in [4.78, 5) is 4.46. The minimum Gasteiger partial charge on any atom is -0.489 e. The van der Waals surface area contributed by atoms with Gasteiger partial charge in [0, 0.05) is 23.7 Å². The lowest BCUT2D eigenvalue weighted by Gasteiger charge is -2.20. The van der Waals surface area contributed by atoms with Crippen molar-refractivity contribution in [1.82, 2.24) is 4.98 Å². The molecule has 1 aliphatic carbocycles. The third-order valence-electron chi connectivity index (χ3n) is 4.11. The Balaban J connectivity index is 1.95. The van der Waals surface area contributed by atoms with Crippen molar-refractivity contribution in [3.05, 3.63) is 36.0 Å². The minimum absolute atomic E-state index is 0.327. The van der Waals surface area contributed by atoms with Crippen LogP contribution in [0.4, 0.5) is 0 Å². The smallest absolute Gasteiger partial charge is 0.135 e. The Morgan fingerprint density at radius 3 is 2.60 bits per heavy atom. The Morgan fingerprint density at radius 1 is 1.10 bits per heavy atom. The Kier molecular flexibility index (Phi) is 4.16. The molecule has 0 radical (unpaired) electrons. The van der Waals surface area contributed by atoms with Crippen LogP contribution in [-0.4, -0.2) is 11.1 Å². The summed E-state index contributed by atoms with van der Waals surface area (Å²) in [6.45, 7) is 0.472. The number of benzene rings is 1. The van der Waals surface area contributed by atoms with Crippen LogP contribution >= 0.6 is 0 Å². The van der Waals surface area contributed by atoms with Crippen molar-refractivity contribution >= 4 is 10.9 Å². The molecule has 0 amide bonds. The number of pyridine rings is 1. The first kappa shape index (κ1) is 13.4. The molecule has 0 saturated heterocycles. The maximum atomic E-state index is 6.35. The summed E-state index contributed by atoms with van der Waals surface area (Å²) >= 11 is 0. The maximum absolute atomic E-state index is 6.35. The molecule has 2 aromatic rings. The maximum Gasteiger partial charge on any atom is 0.135 e. The fourth-order valence-electron chi connectivity index (χ4n) is 2.97. The standard InChI is InChI=1S/C17H22N2O/c18-11-13-12-19-16-10-6-5-9-15(16)17(13)20-14-7-3-1-2-4-8-14/h5-6,9-10,12,14H,1-4,7-8,11,18H2. The molecule has 0 atom stereocenters. The summed E-state index contributed by atoms with van der Waals surface area (Å²) < 4.78 is 6.35. The molecular weight excluding hydrogens is 248 g/mol. The molecule has 1 aromatic carbocycles. The molecule has 0 spiro atoms. The van der Waals surface area contributed by atoms with E-state index in [4.69, 9.17) is 10.5 Å². The van der Waals surface area contributed by atoms with Crippen LogP contribution in [0.2, 0.25) is 0 Å². The summed E-state index contributed by atoms with van der Waals surface area (Å²) in [5.41, 5.74) is 7.84. The first-order chi connectivity index (χ1) is 9.88. The quantitative estimate of drug-likeness (QED) is 0.863. The molecule has 3 nitrogen and oxygen atoms in total. The molecule has 1 aromatic heterocycles. The van der Waals surface area contributed by atoms with Gasteiger partial charge in [0.1, 0.15) is 5.75 Å². The number of fused-ring (bicyclic) bond motifs is 1. The topological polar surface area (TPSA) is 48.1 Å². The number of hydrogen-bond donors (Lipinski definition) is 1. The van der Waals surface area contributed by atoms with Crippen LogP contribution in [0.15, 0.2) is 30.5 Å². The molecular formula is C17H22N2O. The molecule has 1 saturated carbocycles. The van der Waals surface area contributed by atoms with E-state index in [1.165, 1.54) is 25.7 Å². The predicted molar refractivity (Wildman–Crippen MR) is 81.8 cm³/mol. The Labute approximate surface area is 120 Å². The summed E-state index contributed by atoms with van der Waals surface area (Å²) in [5, 5.41) is 1.08. The first-order valence-corrected chi connectivity index (χ1v) is 7.62. The van der Waals surface area contributed by atoms with Crippen molar-refractivity contribution in [3.8, 4) is 5.75 Å². The zero-order chi connectivity index (χ0) is 13.8. The third-order valence-corrected chi connectivity index (χ3v) is 4.11. The van der Waals surface area contributed by atoms with E-state index >= 15 is 0 Å². The van der Waals surface area contributed by atoms with E-state index in [9.17, 15) is 0 Å². The predicted octanol–water partition coefficient (Wildman–Crippen LogP) is 3.80. The van der Waals surface area contributed by atoms with Gasteiger partial charge in [0.05, 0.1) is 11.6 Å². The second-order valence-corrected chi connectivity index (χ2v) is 5.57. The van der Waals surface area contributed by atoms with E-state index in [0.29, 0.717) is 12.6 Å². The van der Waals surface area contributed by atoms with E-state index in [2.05, 4.69) is 11.1 Å². The normalized spacial score (nSPS) is 17.1. The van der Waals surface area contributed by atoms with Gasteiger partial charge in [-0.3, -0.25) is 4.98 Å². The number of nitrogens with two attached hydrogens (primary N) is 1. The number of ether oxygens (including phenoxy) is 1. The average Bonchev–Trinajstić information content (AvgIpc) is 2.76. The molecule has 1 aliphatic rings. The van der Waals surface area contributed by atoms with Crippen molar-refractivity contribution in [3.63, 3.8) is 0 Å². The van der Waals surface area contributed by atoms with Crippen LogP contribution in [0.5, 0.6) is 5.75 Å².